The number of nitrogens with one attached hydrogen (secondary N) is 2. The summed E-state index contributed by atoms with van der Waals surface area (Å²) in [6.07, 6.45) is 4.38. The molecule has 2 N–H and O–H groups in total. The molecule has 0 aliphatic carbocycles. The van der Waals surface area contributed by atoms with Crippen molar-refractivity contribution in [1.82, 2.24) is 5.43 Å². The van der Waals surface area contributed by atoms with E-state index in [4.69, 9.17) is 4.74 Å². The largest absolute Gasteiger partial charge is 0.423 e. The number of carbonyl (C=O) groups excluding carboxylic acids is 3. The highest BCUT2D eigenvalue weighted by Gasteiger charge is 2.10. The van der Waals surface area contributed by atoms with Crippen molar-refractivity contribution < 1.29 is 19.1 Å². The van der Waals surface area contributed by atoms with Crippen LogP contribution in [0, 0.1) is 6.92 Å². The normalized spacial score (nSPS) is 10.9. The molecule has 0 saturated heterocycles. The van der Waals surface area contributed by atoms with E-state index in [2.05, 4.69) is 31.8 Å². The van der Waals surface area contributed by atoms with E-state index < -0.39 is 11.9 Å². The molecule has 0 heterocycles. The molecule has 8 heteroatoms. The van der Waals surface area contributed by atoms with E-state index in [0.29, 0.717) is 22.4 Å². The SMILES string of the molecule is Cc1ccc(C(=O)Nc2cccc(C(=O)NN=Cc3cc(Br)ccc3OC(=O)/C=C/c3ccccc3)c2)cc1. The van der Waals surface area contributed by atoms with Crippen molar-refractivity contribution >= 4 is 51.7 Å². The van der Waals surface area contributed by atoms with Crippen molar-refractivity contribution in [3.05, 3.63) is 135 Å². The van der Waals surface area contributed by atoms with Crippen LogP contribution in [0.5, 0.6) is 5.75 Å². The predicted molar refractivity (Wildman–Crippen MR) is 156 cm³/mol. The fraction of sp³-hybridized carbons (Fsp3) is 0.0323. The number of halogens is 1. The van der Waals surface area contributed by atoms with Crippen molar-refractivity contribution in [1.29, 1.82) is 0 Å². The lowest BCUT2D eigenvalue weighted by molar-refractivity contribution is -0.128. The van der Waals surface area contributed by atoms with Crippen LogP contribution in [-0.4, -0.2) is 24.0 Å². The number of carbonyl (C=O) groups is 3. The van der Waals surface area contributed by atoms with Gasteiger partial charge < -0.3 is 10.1 Å². The average Bonchev–Trinajstić information content (AvgIpc) is 2.94. The number of benzene rings is 4. The second kappa shape index (κ2) is 13.1. The molecule has 4 aromatic rings. The molecule has 194 valence electrons. The summed E-state index contributed by atoms with van der Waals surface area (Å²) in [5.74, 6) is -1.03. The molecule has 0 radical (unpaired) electrons. The van der Waals surface area contributed by atoms with Crippen LogP contribution in [0.2, 0.25) is 0 Å². The summed E-state index contributed by atoms with van der Waals surface area (Å²) in [6, 6.07) is 28.2. The second-order valence-corrected chi connectivity index (χ2v) is 9.36. The van der Waals surface area contributed by atoms with Gasteiger partial charge in [-0.2, -0.15) is 5.10 Å². The number of amides is 2. The first-order chi connectivity index (χ1) is 18.9. The smallest absolute Gasteiger partial charge is 0.336 e. The van der Waals surface area contributed by atoms with Gasteiger partial charge >= 0.3 is 5.97 Å². The fourth-order valence-electron chi connectivity index (χ4n) is 3.46. The first-order valence-corrected chi connectivity index (χ1v) is 12.7. The van der Waals surface area contributed by atoms with Crippen molar-refractivity contribution in [2.45, 2.75) is 6.92 Å². The van der Waals surface area contributed by atoms with Crippen LogP contribution in [0.25, 0.3) is 6.08 Å². The summed E-state index contributed by atoms with van der Waals surface area (Å²) in [4.78, 5) is 37.5. The Kier molecular flexibility index (Phi) is 9.16. The minimum Gasteiger partial charge on any atom is -0.423 e. The lowest BCUT2D eigenvalue weighted by Gasteiger charge is -2.08. The van der Waals surface area contributed by atoms with E-state index in [9.17, 15) is 14.4 Å². The molecule has 0 unspecified atom stereocenters. The molecule has 4 rings (SSSR count). The van der Waals surface area contributed by atoms with Crippen LogP contribution >= 0.6 is 15.9 Å². The van der Waals surface area contributed by atoms with Gasteiger partial charge in [0.05, 0.1) is 6.21 Å². The molecule has 4 aromatic carbocycles. The number of hydrogen-bond acceptors (Lipinski definition) is 5. The van der Waals surface area contributed by atoms with Crippen molar-refractivity contribution in [3.63, 3.8) is 0 Å². The van der Waals surface area contributed by atoms with Gasteiger partial charge in [0.25, 0.3) is 11.8 Å². The summed E-state index contributed by atoms with van der Waals surface area (Å²) in [6.45, 7) is 1.95. The Morgan fingerprint density at radius 2 is 1.59 bits per heavy atom. The second-order valence-electron chi connectivity index (χ2n) is 8.45. The monoisotopic (exact) mass is 581 g/mol. The van der Waals surface area contributed by atoms with Gasteiger partial charge in [0.2, 0.25) is 0 Å². The molecule has 39 heavy (non-hydrogen) atoms. The average molecular weight is 582 g/mol. The van der Waals surface area contributed by atoms with E-state index in [-0.39, 0.29) is 11.7 Å². The van der Waals surface area contributed by atoms with E-state index in [1.807, 2.05) is 49.4 Å². The van der Waals surface area contributed by atoms with Crippen LogP contribution in [0.15, 0.2) is 113 Å². The Morgan fingerprint density at radius 3 is 2.36 bits per heavy atom. The number of aryl methyl sites for hydroxylation is 1. The molecular weight excluding hydrogens is 558 g/mol. The van der Waals surface area contributed by atoms with Gasteiger partial charge in [-0.1, -0.05) is 70.0 Å². The Morgan fingerprint density at radius 1 is 0.821 bits per heavy atom. The highest BCUT2D eigenvalue weighted by atomic mass is 79.9. The van der Waals surface area contributed by atoms with Crippen LogP contribution in [0.3, 0.4) is 0 Å². The third-order valence-electron chi connectivity index (χ3n) is 5.46. The number of esters is 1. The first-order valence-electron chi connectivity index (χ1n) is 11.9. The minimum absolute atomic E-state index is 0.277. The zero-order valence-electron chi connectivity index (χ0n) is 20.9. The summed E-state index contributed by atoms with van der Waals surface area (Å²) in [5.41, 5.74) is 6.16. The highest BCUT2D eigenvalue weighted by molar-refractivity contribution is 9.10. The third kappa shape index (κ3) is 8.08. The third-order valence-corrected chi connectivity index (χ3v) is 5.95. The van der Waals surface area contributed by atoms with Crippen molar-refractivity contribution in [2.24, 2.45) is 5.10 Å². The molecule has 0 saturated carbocycles. The molecule has 0 aliphatic heterocycles. The van der Waals surface area contributed by atoms with Gasteiger partial charge in [-0.05, 0) is 67.1 Å². The number of hydrazone groups is 1. The molecule has 0 bridgehead atoms. The molecule has 0 fully saturated rings. The molecular formula is C31H24BrN3O4. The van der Waals surface area contributed by atoms with Gasteiger partial charge in [0, 0.05) is 32.9 Å². The summed E-state index contributed by atoms with van der Waals surface area (Å²) in [5, 5.41) is 6.82. The van der Waals surface area contributed by atoms with E-state index >= 15 is 0 Å². The quantitative estimate of drug-likeness (QED) is 0.0827. The maximum absolute atomic E-state index is 12.7. The molecule has 0 atom stereocenters. The molecule has 7 nitrogen and oxygen atoms in total. The van der Waals surface area contributed by atoms with Crippen molar-refractivity contribution in [3.8, 4) is 5.75 Å². The standard InChI is InChI=1S/C31H24BrN3O4/c1-21-10-13-23(14-11-21)30(37)34-27-9-5-8-24(19-27)31(38)35-33-20-25-18-26(32)15-16-28(25)39-29(36)17-12-22-6-3-2-4-7-22/h2-20H,1H3,(H,34,37)(H,35,38)/b17-12+,33-20?. The molecule has 0 aromatic heterocycles. The number of anilines is 1. The Balaban J connectivity index is 1.39. The zero-order valence-corrected chi connectivity index (χ0v) is 22.5. The van der Waals surface area contributed by atoms with E-state index in [1.165, 1.54) is 12.3 Å². The van der Waals surface area contributed by atoms with Gasteiger partial charge in [-0.25, -0.2) is 10.2 Å². The van der Waals surface area contributed by atoms with Crippen LogP contribution in [-0.2, 0) is 4.79 Å². The lowest BCUT2D eigenvalue weighted by atomic mass is 10.1. The van der Waals surface area contributed by atoms with E-state index in [0.717, 1.165) is 15.6 Å². The van der Waals surface area contributed by atoms with Crippen LogP contribution < -0.4 is 15.5 Å². The number of ether oxygens (including phenoxy) is 1. The fourth-order valence-corrected chi connectivity index (χ4v) is 3.83. The Bertz CT molecular complexity index is 1550. The van der Waals surface area contributed by atoms with Crippen molar-refractivity contribution in [2.75, 3.05) is 5.32 Å². The van der Waals surface area contributed by atoms with Crippen LogP contribution in [0.4, 0.5) is 5.69 Å². The maximum atomic E-state index is 12.7. The maximum Gasteiger partial charge on any atom is 0.336 e. The van der Waals surface area contributed by atoms with Crippen LogP contribution in [0.1, 0.15) is 37.4 Å². The van der Waals surface area contributed by atoms with E-state index in [1.54, 1.807) is 60.7 Å². The zero-order chi connectivity index (χ0) is 27.6. The van der Waals surface area contributed by atoms with Gasteiger partial charge in [-0.3, -0.25) is 9.59 Å². The Labute approximate surface area is 234 Å². The summed E-state index contributed by atoms with van der Waals surface area (Å²) >= 11 is 3.39. The molecule has 2 amide bonds. The van der Waals surface area contributed by atoms with Gasteiger partial charge in [0.15, 0.2) is 0 Å². The Hall–Kier alpha value is -4.82. The number of rotatable bonds is 8. The van der Waals surface area contributed by atoms with Gasteiger partial charge in [0.1, 0.15) is 5.75 Å². The summed E-state index contributed by atoms with van der Waals surface area (Å²) < 4.78 is 6.21. The highest BCUT2D eigenvalue weighted by Crippen LogP contribution is 2.22. The topological polar surface area (TPSA) is 96.9 Å². The number of hydrogen-bond donors (Lipinski definition) is 2. The lowest BCUT2D eigenvalue weighted by Crippen LogP contribution is -2.18. The minimum atomic E-state index is -0.552. The number of nitrogens with zero attached hydrogens (tertiary/aromatic N) is 1. The molecule has 0 aliphatic rings. The molecule has 0 spiro atoms. The van der Waals surface area contributed by atoms with Gasteiger partial charge in [-0.15, -0.1) is 0 Å². The predicted octanol–water partition coefficient (Wildman–Crippen LogP) is 6.39. The summed E-state index contributed by atoms with van der Waals surface area (Å²) in [7, 11) is 0. The first kappa shape index (κ1) is 27.2.